The van der Waals surface area contributed by atoms with Crippen molar-refractivity contribution in [1.29, 1.82) is 0 Å². The molecule has 0 bridgehead atoms. The van der Waals surface area contributed by atoms with Crippen LogP contribution in [-0.2, 0) is 16.6 Å². The van der Waals surface area contributed by atoms with Crippen LogP contribution in [0.4, 0.5) is 5.82 Å². The van der Waals surface area contributed by atoms with E-state index in [-0.39, 0.29) is 5.92 Å². The average Bonchev–Trinajstić information content (AvgIpc) is 3.39. The van der Waals surface area contributed by atoms with E-state index in [0.717, 1.165) is 54.0 Å². The van der Waals surface area contributed by atoms with Crippen molar-refractivity contribution in [2.24, 2.45) is 5.92 Å². The van der Waals surface area contributed by atoms with Crippen LogP contribution in [0.15, 0.2) is 78.2 Å². The predicted octanol–water partition coefficient (Wildman–Crippen LogP) is 5.07. The van der Waals surface area contributed by atoms with Gasteiger partial charge in [0.2, 0.25) is 10.0 Å². The summed E-state index contributed by atoms with van der Waals surface area (Å²) in [6.45, 7) is 5.50. The molecule has 3 aromatic rings. The lowest BCUT2D eigenvalue weighted by atomic mass is 9.84. The van der Waals surface area contributed by atoms with Gasteiger partial charge < -0.3 is 5.32 Å². The minimum atomic E-state index is -3.47. The fraction of sp³-hybridized carbons (Fsp3) is 0.345. The lowest BCUT2D eigenvalue weighted by Crippen LogP contribution is -2.39. The van der Waals surface area contributed by atoms with Crippen molar-refractivity contribution in [1.82, 2.24) is 23.9 Å². The Labute approximate surface area is 223 Å². The third kappa shape index (κ3) is 4.72. The van der Waals surface area contributed by atoms with Gasteiger partial charge in [-0.25, -0.2) is 13.4 Å². The molecule has 0 radical (unpaired) electrons. The van der Waals surface area contributed by atoms with Gasteiger partial charge in [-0.05, 0) is 61.3 Å². The molecule has 196 valence electrons. The minimum Gasteiger partial charge on any atom is -0.366 e. The molecule has 38 heavy (non-hydrogen) atoms. The van der Waals surface area contributed by atoms with E-state index >= 15 is 0 Å². The summed E-state index contributed by atoms with van der Waals surface area (Å²) < 4.78 is 30.5. The first-order valence-corrected chi connectivity index (χ1v) is 14.7. The fourth-order valence-electron chi connectivity index (χ4n) is 5.65. The van der Waals surface area contributed by atoms with Crippen LogP contribution in [0.1, 0.15) is 54.8 Å². The van der Waals surface area contributed by atoms with Gasteiger partial charge in [-0.2, -0.15) is 13.9 Å². The smallest absolute Gasteiger partial charge is 0.239 e. The van der Waals surface area contributed by atoms with E-state index in [1.165, 1.54) is 5.57 Å². The quantitative estimate of drug-likeness (QED) is 0.460. The molecule has 1 aliphatic heterocycles. The highest BCUT2D eigenvalue weighted by Gasteiger charge is 2.34. The zero-order chi connectivity index (χ0) is 26.1. The molecule has 3 aliphatic rings. The van der Waals surface area contributed by atoms with E-state index in [1.807, 2.05) is 36.5 Å². The molecule has 9 heteroatoms. The number of pyridine rings is 1. The maximum atomic E-state index is 13.5. The zero-order valence-electron chi connectivity index (χ0n) is 21.3. The molecule has 1 unspecified atom stereocenters. The van der Waals surface area contributed by atoms with E-state index < -0.39 is 10.0 Å². The first kappa shape index (κ1) is 24.8. The third-order valence-electron chi connectivity index (χ3n) is 7.85. The summed E-state index contributed by atoms with van der Waals surface area (Å²) in [6, 6.07) is 5.99. The Morgan fingerprint density at radius 3 is 2.79 bits per heavy atom. The van der Waals surface area contributed by atoms with Crippen molar-refractivity contribution >= 4 is 27.6 Å². The van der Waals surface area contributed by atoms with Crippen LogP contribution < -0.4 is 5.32 Å². The summed E-state index contributed by atoms with van der Waals surface area (Å²) in [6.07, 6.45) is 19.3. The summed E-state index contributed by atoms with van der Waals surface area (Å²) in [5.41, 5.74) is 4.88. The first-order chi connectivity index (χ1) is 18.5. The van der Waals surface area contributed by atoms with Crippen molar-refractivity contribution < 1.29 is 8.42 Å². The molecular formula is C29H32N6O2S. The van der Waals surface area contributed by atoms with E-state index in [1.54, 1.807) is 27.3 Å². The Morgan fingerprint density at radius 1 is 1.13 bits per heavy atom. The summed E-state index contributed by atoms with van der Waals surface area (Å²) >= 11 is 0. The number of nitrogens with zero attached hydrogens (tertiary/aromatic N) is 5. The largest absolute Gasteiger partial charge is 0.366 e. The number of nitrogens with one attached hydrogen (secondary N) is 1. The summed E-state index contributed by atoms with van der Waals surface area (Å²) in [7, 11) is -3.47. The first-order valence-electron chi connectivity index (χ1n) is 13.2. The monoisotopic (exact) mass is 528 g/mol. The molecule has 1 saturated heterocycles. The van der Waals surface area contributed by atoms with Gasteiger partial charge in [0.1, 0.15) is 5.82 Å². The maximum Gasteiger partial charge on any atom is 0.239 e. The average molecular weight is 529 g/mol. The van der Waals surface area contributed by atoms with Gasteiger partial charge in [-0.15, -0.1) is 0 Å². The highest BCUT2D eigenvalue weighted by molar-refractivity contribution is 7.93. The summed E-state index contributed by atoms with van der Waals surface area (Å²) in [5, 5.41) is 8.00. The van der Waals surface area contributed by atoms with Gasteiger partial charge in [0.05, 0.1) is 11.1 Å². The van der Waals surface area contributed by atoms with Crippen LogP contribution in [0.2, 0.25) is 0 Å². The van der Waals surface area contributed by atoms with Crippen molar-refractivity contribution in [3.8, 4) is 0 Å². The van der Waals surface area contributed by atoms with Gasteiger partial charge in [0.25, 0.3) is 0 Å². The number of sulfonamides is 1. The molecule has 0 aromatic carbocycles. The standard InChI is InChI=1S/C29H32N6O2S/c1-2-22-20-32-35-28(31-19-21-6-5-13-30-18-21)17-27(33-29(22)35)24-11-14-34(15-12-24)38(36,37)26-10-9-23-7-3-4-8-25(23)16-26/h2-3,5-7,9-10,13,17-18,20,24-25,31H,1,4,8,11-12,14-16,19H2. The second kappa shape index (κ2) is 10.3. The van der Waals surface area contributed by atoms with Crippen LogP contribution in [0, 0.1) is 5.92 Å². The molecule has 0 spiro atoms. The van der Waals surface area contributed by atoms with E-state index in [4.69, 9.17) is 4.98 Å². The van der Waals surface area contributed by atoms with Crippen LogP contribution in [0.3, 0.4) is 0 Å². The van der Waals surface area contributed by atoms with Gasteiger partial charge in [0.15, 0.2) is 5.65 Å². The predicted molar refractivity (Wildman–Crippen MR) is 150 cm³/mol. The second-order valence-corrected chi connectivity index (χ2v) is 12.2. The molecule has 3 aromatic heterocycles. The van der Waals surface area contributed by atoms with Gasteiger partial charge in [-0.1, -0.05) is 36.9 Å². The van der Waals surface area contributed by atoms with E-state index in [9.17, 15) is 8.42 Å². The van der Waals surface area contributed by atoms with E-state index in [0.29, 0.717) is 36.9 Å². The normalized spacial score (nSPS) is 20.6. The molecule has 8 nitrogen and oxygen atoms in total. The van der Waals surface area contributed by atoms with Gasteiger partial charge in [0, 0.05) is 55.3 Å². The van der Waals surface area contributed by atoms with Gasteiger partial charge in [-0.3, -0.25) is 4.98 Å². The number of anilines is 1. The Morgan fingerprint density at radius 2 is 2.00 bits per heavy atom. The summed E-state index contributed by atoms with van der Waals surface area (Å²) in [5.74, 6) is 1.32. The Balaban J connectivity index is 1.20. The Bertz CT molecular complexity index is 1550. The Kier molecular flexibility index (Phi) is 6.71. The second-order valence-electron chi connectivity index (χ2n) is 10.2. The number of piperidine rings is 1. The molecule has 2 aliphatic carbocycles. The van der Waals surface area contributed by atoms with Crippen LogP contribution >= 0.6 is 0 Å². The van der Waals surface area contributed by atoms with Crippen molar-refractivity contribution in [2.45, 2.75) is 44.6 Å². The molecular weight excluding hydrogens is 496 g/mol. The summed E-state index contributed by atoms with van der Waals surface area (Å²) in [4.78, 5) is 9.70. The molecule has 1 atom stereocenters. The van der Waals surface area contributed by atoms with Crippen molar-refractivity contribution in [3.05, 3.63) is 95.0 Å². The topological polar surface area (TPSA) is 92.5 Å². The molecule has 0 saturated carbocycles. The van der Waals surface area contributed by atoms with Crippen molar-refractivity contribution in [2.75, 3.05) is 18.4 Å². The third-order valence-corrected chi connectivity index (χ3v) is 9.86. The molecule has 1 fully saturated rings. The van der Waals surface area contributed by atoms with Crippen LogP contribution in [0.25, 0.3) is 11.7 Å². The highest BCUT2D eigenvalue weighted by atomic mass is 32.2. The minimum absolute atomic E-state index is 0.160. The highest BCUT2D eigenvalue weighted by Crippen LogP contribution is 2.38. The number of rotatable bonds is 7. The molecule has 1 N–H and O–H groups in total. The molecule has 6 rings (SSSR count). The lowest BCUT2D eigenvalue weighted by Gasteiger charge is -2.33. The molecule has 4 heterocycles. The number of aromatic nitrogens is 4. The lowest BCUT2D eigenvalue weighted by molar-refractivity contribution is 0.318. The fourth-order valence-corrected chi connectivity index (χ4v) is 7.33. The maximum absolute atomic E-state index is 13.5. The number of hydrogen-bond acceptors (Lipinski definition) is 6. The van der Waals surface area contributed by atoms with Crippen LogP contribution in [-0.4, -0.2) is 45.4 Å². The number of hydrogen-bond donors (Lipinski definition) is 1. The molecule has 0 amide bonds. The SMILES string of the molecule is C=Cc1cnn2c(NCc3cccnc3)cc(C3CCN(S(=O)(=O)C4=CC=C5C=CCCC5C4)CC3)nc12. The number of allylic oxidation sites excluding steroid dienone is 6. The zero-order valence-corrected chi connectivity index (χ0v) is 22.1. The Hall–Kier alpha value is -3.56. The van der Waals surface area contributed by atoms with Crippen molar-refractivity contribution in [3.63, 3.8) is 0 Å². The van der Waals surface area contributed by atoms with E-state index in [2.05, 4.69) is 34.1 Å². The van der Waals surface area contributed by atoms with Gasteiger partial charge >= 0.3 is 0 Å². The van der Waals surface area contributed by atoms with Crippen LogP contribution in [0.5, 0.6) is 0 Å². The number of fused-ring (bicyclic) bond motifs is 2.